The van der Waals surface area contributed by atoms with Gasteiger partial charge >= 0.3 is 6.18 Å². The number of rotatable bonds is 11. The van der Waals surface area contributed by atoms with E-state index in [9.17, 15) is 32.3 Å². The lowest BCUT2D eigenvalue weighted by molar-refractivity contribution is -0.137. The van der Waals surface area contributed by atoms with Crippen LogP contribution in [-0.4, -0.2) is 76.6 Å². The highest BCUT2D eigenvalue weighted by Crippen LogP contribution is 2.36. The molecule has 0 unspecified atom stereocenters. The molecular weight excluding hydrogens is 781 g/mol. The van der Waals surface area contributed by atoms with Crippen LogP contribution in [0.2, 0.25) is 0 Å². The second-order valence-corrected chi connectivity index (χ2v) is 14.1. The number of alkyl halides is 4. The van der Waals surface area contributed by atoms with Gasteiger partial charge in [0.2, 0.25) is 5.91 Å². The molecule has 0 radical (unpaired) electrons. The molecule has 51 heavy (non-hydrogen) atoms. The highest BCUT2D eigenvalue weighted by molar-refractivity contribution is 14.1. The molecule has 0 aliphatic carbocycles. The first-order valence-corrected chi connectivity index (χ1v) is 17.4. The van der Waals surface area contributed by atoms with Crippen molar-refractivity contribution in [1.82, 2.24) is 9.80 Å². The molecule has 1 aliphatic rings. The molecular formula is C38H38F4IN3O5. The van der Waals surface area contributed by atoms with Gasteiger partial charge in [0, 0.05) is 31.3 Å². The van der Waals surface area contributed by atoms with E-state index in [4.69, 9.17) is 9.47 Å². The Kier molecular flexibility index (Phi) is 12.2. The third-order valence-corrected chi connectivity index (χ3v) is 9.85. The van der Waals surface area contributed by atoms with Crippen molar-refractivity contribution in [1.29, 1.82) is 0 Å². The van der Waals surface area contributed by atoms with Crippen LogP contribution in [0.3, 0.4) is 0 Å². The predicted octanol–water partition coefficient (Wildman–Crippen LogP) is 7.22. The van der Waals surface area contributed by atoms with Crippen LogP contribution < -0.4 is 14.8 Å². The average molecular weight is 820 g/mol. The number of methoxy groups -OCH3 is 1. The van der Waals surface area contributed by atoms with Gasteiger partial charge < -0.3 is 24.8 Å². The van der Waals surface area contributed by atoms with Gasteiger partial charge in [0.25, 0.3) is 5.91 Å². The fourth-order valence-corrected chi connectivity index (χ4v) is 6.65. The number of hydrogen-bond acceptors (Lipinski definition) is 6. The number of ether oxygens (including phenoxy) is 2. The molecule has 0 aromatic heterocycles. The number of halogens is 5. The Morgan fingerprint density at radius 1 is 1.06 bits per heavy atom. The number of aliphatic hydroxyl groups is 1. The first kappa shape index (κ1) is 38.0. The van der Waals surface area contributed by atoms with Crippen LogP contribution in [0.5, 0.6) is 11.5 Å². The molecule has 0 bridgehead atoms. The fourth-order valence-electron chi connectivity index (χ4n) is 5.85. The van der Waals surface area contributed by atoms with Crippen LogP contribution in [0.4, 0.5) is 23.2 Å². The Morgan fingerprint density at radius 2 is 1.75 bits per heavy atom. The van der Waals surface area contributed by atoms with Crippen molar-refractivity contribution in [3.8, 4) is 22.6 Å². The van der Waals surface area contributed by atoms with E-state index in [1.807, 2.05) is 31.3 Å². The van der Waals surface area contributed by atoms with E-state index in [0.29, 0.717) is 36.5 Å². The van der Waals surface area contributed by atoms with E-state index in [2.05, 4.69) is 32.8 Å². The smallest absolute Gasteiger partial charge is 0.416 e. The number of anilines is 1. The van der Waals surface area contributed by atoms with Crippen molar-refractivity contribution >= 4 is 40.1 Å². The van der Waals surface area contributed by atoms with Crippen LogP contribution in [0.25, 0.3) is 11.1 Å². The van der Waals surface area contributed by atoms with Gasteiger partial charge in [-0.25, -0.2) is 4.39 Å². The third kappa shape index (κ3) is 9.37. The lowest BCUT2D eigenvalue weighted by Gasteiger charge is -2.38. The maximum atomic E-state index is 14.7. The molecule has 4 aromatic rings. The SMILES string of the molecule is COc1ccc(-c2ccc(CN(C)C[C@H]3Oc4c(NC(=O)Cc5ccc(C(F)(F)F)cc5)cccc4C(=O)N([C@@H](C)CO)C[C@H]3I)cc2)c(F)c1. The van der Waals surface area contributed by atoms with Crippen molar-refractivity contribution in [2.45, 2.75) is 42.1 Å². The van der Waals surface area contributed by atoms with Crippen LogP contribution in [0.1, 0.15) is 34.0 Å². The monoisotopic (exact) mass is 819 g/mol. The number of likely N-dealkylation sites (N-methyl/N-ethyl adjacent to an activating group) is 1. The Bertz CT molecular complexity index is 1840. The highest BCUT2D eigenvalue weighted by atomic mass is 127. The number of nitrogens with one attached hydrogen (secondary N) is 1. The molecule has 1 heterocycles. The molecule has 2 N–H and O–H groups in total. The Hall–Kier alpha value is -4.21. The molecule has 0 fully saturated rings. The number of para-hydroxylation sites is 1. The van der Waals surface area contributed by atoms with E-state index in [0.717, 1.165) is 23.3 Å². The summed E-state index contributed by atoms with van der Waals surface area (Å²) in [6.07, 6.45) is -5.16. The number of carbonyl (C=O) groups is 2. The fraction of sp³-hybridized carbons (Fsp3) is 0.316. The van der Waals surface area contributed by atoms with Gasteiger partial charge in [0.05, 0.1) is 46.9 Å². The zero-order valence-corrected chi connectivity index (χ0v) is 30.4. The van der Waals surface area contributed by atoms with Gasteiger partial charge in [0.1, 0.15) is 17.7 Å². The largest absolute Gasteiger partial charge is 0.497 e. The Morgan fingerprint density at radius 3 is 2.37 bits per heavy atom. The number of carbonyl (C=O) groups excluding carboxylic acids is 2. The van der Waals surface area contributed by atoms with Crippen molar-refractivity contribution in [3.05, 3.63) is 113 Å². The summed E-state index contributed by atoms with van der Waals surface area (Å²) in [4.78, 5) is 30.6. The summed E-state index contributed by atoms with van der Waals surface area (Å²) in [5.74, 6) is -0.643. The van der Waals surface area contributed by atoms with Gasteiger partial charge in [-0.3, -0.25) is 14.5 Å². The van der Waals surface area contributed by atoms with Crippen molar-refractivity contribution in [2.24, 2.45) is 0 Å². The molecule has 8 nitrogen and oxygen atoms in total. The van der Waals surface area contributed by atoms with Crippen molar-refractivity contribution < 1.29 is 41.7 Å². The average Bonchev–Trinajstić information content (AvgIpc) is 3.10. The number of benzene rings is 4. The molecule has 13 heteroatoms. The molecule has 270 valence electrons. The molecule has 0 saturated carbocycles. The van der Waals surface area contributed by atoms with Crippen LogP contribution in [0, 0.1) is 5.82 Å². The highest BCUT2D eigenvalue weighted by Gasteiger charge is 2.35. The van der Waals surface area contributed by atoms with Crippen LogP contribution >= 0.6 is 22.6 Å². The second kappa shape index (κ2) is 16.4. The van der Waals surface area contributed by atoms with Gasteiger partial charge in [-0.1, -0.05) is 65.1 Å². The Labute approximate surface area is 307 Å². The molecule has 5 rings (SSSR count). The minimum Gasteiger partial charge on any atom is -0.497 e. The molecule has 1 aliphatic heterocycles. The topological polar surface area (TPSA) is 91.3 Å². The number of amides is 2. The summed E-state index contributed by atoms with van der Waals surface area (Å²) < 4.78 is 65.2. The summed E-state index contributed by atoms with van der Waals surface area (Å²) in [6, 6.07) is 21.0. The molecule has 0 saturated heterocycles. The zero-order valence-electron chi connectivity index (χ0n) is 28.2. The zero-order chi connectivity index (χ0) is 36.9. The standard InChI is InChI=1S/C38H38F4IN3O5/c1-23(22-47)46-20-32(43)34(21-45(2)19-25-7-11-26(12-8-25)29-16-15-28(50-3)18-31(29)39)51-36-30(37(46)49)5-4-6-33(36)44-35(48)17-24-9-13-27(14-10-24)38(40,41)42/h4-16,18,23,32,34,47H,17,19-22H2,1-3H3,(H,44,48)/t23-,32+,34+/m0/s1. The molecule has 4 aromatic carbocycles. The lowest BCUT2D eigenvalue weighted by atomic mass is 10.0. The second-order valence-electron chi connectivity index (χ2n) is 12.5. The van der Waals surface area contributed by atoms with Crippen molar-refractivity contribution in [3.63, 3.8) is 0 Å². The first-order valence-electron chi connectivity index (χ1n) is 16.2. The molecule has 2 amide bonds. The predicted molar refractivity (Wildman–Crippen MR) is 195 cm³/mol. The van der Waals surface area contributed by atoms with Gasteiger partial charge in [0.15, 0.2) is 5.75 Å². The summed E-state index contributed by atoms with van der Waals surface area (Å²) >= 11 is 2.24. The quantitative estimate of drug-likeness (QED) is 0.0945. The summed E-state index contributed by atoms with van der Waals surface area (Å²) in [5, 5.41) is 12.8. The summed E-state index contributed by atoms with van der Waals surface area (Å²) in [7, 11) is 3.42. The normalized spacial score (nSPS) is 16.9. The van der Waals surface area contributed by atoms with Gasteiger partial charge in [-0.05, 0) is 67.1 Å². The van der Waals surface area contributed by atoms with Crippen LogP contribution in [0.15, 0.2) is 84.9 Å². The molecule has 3 atom stereocenters. The van der Waals surface area contributed by atoms with E-state index in [1.54, 1.807) is 42.2 Å². The summed E-state index contributed by atoms with van der Waals surface area (Å²) in [5.41, 5.74) is 2.19. The third-order valence-electron chi connectivity index (χ3n) is 8.65. The van der Waals surface area contributed by atoms with E-state index >= 15 is 0 Å². The Balaban J connectivity index is 1.35. The summed E-state index contributed by atoms with van der Waals surface area (Å²) in [6.45, 7) is 2.75. The minimum absolute atomic E-state index is 0.170. The van der Waals surface area contributed by atoms with E-state index in [-0.39, 0.29) is 45.7 Å². The minimum atomic E-state index is -4.49. The lowest BCUT2D eigenvalue weighted by Crippen LogP contribution is -2.51. The van der Waals surface area contributed by atoms with E-state index < -0.39 is 29.8 Å². The first-order chi connectivity index (χ1) is 24.3. The molecule has 0 spiro atoms. The van der Waals surface area contributed by atoms with Gasteiger partial charge in [-0.2, -0.15) is 13.2 Å². The van der Waals surface area contributed by atoms with Crippen molar-refractivity contribution in [2.75, 3.05) is 39.2 Å². The van der Waals surface area contributed by atoms with Crippen LogP contribution in [-0.2, 0) is 23.9 Å². The van der Waals surface area contributed by atoms with Gasteiger partial charge in [-0.15, -0.1) is 0 Å². The number of aliphatic hydroxyl groups excluding tert-OH is 1. The number of fused-ring (bicyclic) bond motifs is 1. The maximum absolute atomic E-state index is 14.7. The maximum Gasteiger partial charge on any atom is 0.416 e. The van der Waals surface area contributed by atoms with E-state index in [1.165, 1.54) is 25.3 Å². The number of nitrogens with zero attached hydrogens (tertiary/aromatic N) is 2. The number of hydrogen-bond donors (Lipinski definition) is 2.